The van der Waals surface area contributed by atoms with Gasteiger partial charge in [0.15, 0.2) is 17.3 Å². The van der Waals surface area contributed by atoms with E-state index in [1.807, 2.05) is 25.1 Å². The first kappa shape index (κ1) is 27.4. The highest BCUT2D eigenvalue weighted by Gasteiger charge is 2.35. The molecule has 2 aromatic rings. The summed E-state index contributed by atoms with van der Waals surface area (Å²) in [4.78, 5) is 16.8. The van der Waals surface area contributed by atoms with Crippen LogP contribution in [0.4, 0.5) is 0 Å². The molecule has 0 saturated carbocycles. The smallest absolute Gasteiger partial charge is 0.283 e. The fourth-order valence-electron chi connectivity index (χ4n) is 3.95. The predicted octanol–water partition coefficient (Wildman–Crippen LogP) is 6.48. The molecule has 0 fully saturated rings. The van der Waals surface area contributed by atoms with E-state index in [0.717, 1.165) is 30.1 Å². The topological polar surface area (TPSA) is 96.6 Å². The van der Waals surface area contributed by atoms with Crippen molar-refractivity contribution in [3.63, 3.8) is 0 Å². The average Bonchev–Trinajstić information content (AvgIpc) is 3.32. The zero-order valence-corrected chi connectivity index (χ0v) is 23.1. The fraction of sp³-hybridized carbons (Fsp3) is 0.379. The molecule has 1 atom stereocenters. The van der Waals surface area contributed by atoms with E-state index in [-0.39, 0.29) is 11.4 Å². The van der Waals surface area contributed by atoms with Gasteiger partial charge in [0.1, 0.15) is 24.0 Å². The van der Waals surface area contributed by atoms with Gasteiger partial charge in [0.25, 0.3) is 5.91 Å². The molecule has 200 valence electrons. The summed E-state index contributed by atoms with van der Waals surface area (Å²) in [7, 11) is 0. The van der Waals surface area contributed by atoms with Gasteiger partial charge in [-0.25, -0.2) is 0 Å². The molecule has 0 spiro atoms. The molecule has 0 radical (unpaired) electrons. The zero-order valence-electron chi connectivity index (χ0n) is 22.3. The van der Waals surface area contributed by atoms with Gasteiger partial charge in [-0.15, -0.1) is 0 Å². The number of fused-ring (bicyclic) bond motifs is 1. The molecule has 2 heterocycles. The minimum absolute atomic E-state index is 0.0197. The lowest BCUT2D eigenvalue weighted by molar-refractivity contribution is -0.114. The van der Waals surface area contributed by atoms with Gasteiger partial charge in [-0.1, -0.05) is 39.0 Å². The predicted molar refractivity (Wildman–Crippen MR) is 154 cm³/mol. The van der Waals surface area contributed by atoms with E-state index in [0.29, 0.717) is 48.0 Å². The number of rotatable bonds is 12. The second-order valence-electron chi connectivity index (χ2n) is 8.98. The van der Waals surface area contributed by atoms with Crippen molar-refractivity contribution in [3.8, 4) is 17.2 Å². The van der Waals surface area contributed by atoms with Gasteiger partial charge in [0.05, 0.1) is 12.2 Å². The SMILES string of the molecule is CCCC1=NN2C(=N)C(=Cc3ccc(OCCOc4ccc(C(C)CC)cc4)c(OCC)c3)C(=O)N=C2S1. The van der Waals surface area contributed by atoms with E-state index < -0.39 is 5.91 Å². The van der Waals surface area contributed by atoms with Crippen LogP contribution in [0, 0.1) is 5.41 Å². The number of hydrogen-bond donors (Lipinski definition) is 1. The number of amidine groups is 2. The van der Waals surface area contributed by atoms with E-state index >= 15 is 0 Å². The summed E-state index contributed by atoms with van der Waals surface area (Å²) in [5, 5.41) is 15.7. The lowest BCUT2D eigenvalue weighted by Gasteiger charge is -2.20. The highest BCUT2D eigenvalue weighted by Crippen LogP contribution is 2.32. The van der Waals surface area contributed by atoms with Gasteiger partial charge in [0, 0.05) is 0 Å². The van der Waals surface area contributed by atoms with Crippen LogP contribution < -0.4 is 14.2 Å². The molecular formula is C29H34N4O4S. The van der Waals surface area contributed by atoms with Crippen LogP contribution in [-0.2, 0) is 4.79 Å². The second-order valence-corrected chi connectivity index (χ2v) is 10.0. The number of amides is 1. The molecule has 0 aliphatic carbocycles. The molecule has 0 aromatic heterocycles. The summed E-state index contributed by atoms with van der Waals surface area (Å²) in [6, 6.07) is 13.6. The summed E-state index contributed by atoms with van der Waals surface area (Å²) in [5.41, 5.74) is 2.19. The summed E-state index contributed by atoms with van der Waals surface area (Å²) < 4.78 is 17.6. The van der Waals surface area contributed by atoms with E-state index in [9.17, 15) is 4.79 Å². The molecule has 2 aromatic carbocycles. The first-order chi connectivity index (χ1) is 18.4. The first-order valence-corrected chi connectivity index (χ1v) is 13.9. The molecule has 1 amide bonds. The Hall–Kier alpha value is -3.59. The van der Waals surface area contributed by atoms with Crippen molar-refractivity contribution < 1.29 is 19.0 Å². The number of hydrazone groups is 1. The van der Waals surface area contributed by atoms with Crippen molar-refractivity contribution in [1.82, 2.24) is 5.01 Å². The average molecular weight is 535 g/mol. The van der Waals surface area contributed by atoms with E-state index in [1.54, 1.807) is 18.2 Å². The quantitative estimate of drug-likeness (QED) is 0.247. The van der Waals surface area contributed by atoms with E-state index in [1.165, 1.54) is 22.3 Å². The third-order valence-corrected chi connectivity index (χ3v) is 7.18. The third-order valence-electron chi connectivity index (χ3n) is 6.21. The van der Waals surface area contributed by atoms with Gasteiger partial charge in [-0.2, -0.15) is 15.1 Å². The zero-order chi connectivity index (χ0) is 27.1. The minimum Gasteiger partial charge on any atom is -0.490 e. The van der Waals surface area contributed by atoms with Gasteiger partial charge in [-0.05, 0) is 85.3 Å². The lowest BCUT2D eigenvalue weighted by atomic mass is 9.99. The van der Waals surface area contributed by atoms with Crippen LogP contribution in [0.25, 0.3) is 6.08 Å². The summed E-state index contributed by atoms with van der Waals surface area (Å²) in [6.45, 7) is 9.55. The minimum atomic E-state index is -0.450. The highest BCUT2D eigenvalue weighted by molar-refractivity contribution is 8.26. The standard InChI is InChI=1S/C29H34N4O4S/c1-5-8-26-32-33-27(30)23(28(34)31-29(33)38-26)17-20-9-14-24(25(18-20)35-7-3)37-16-15-36-22-12-10-21(11-13-22)19(4)6-2/h9-14,17-19,30H,5-8,15-16H2,1-4H3. The van der Waals surface area contributed by atoms with E-state index in [2.05, 4.69) is 43.0 Å². The number of hydrogen-bond acceptors (Lipinski definition) is 7. The molecule has 9 heteroatoms. The molecule has 2 aliphatic rings. The van der Waals surface area contributed by atoms with Crippen LogP contribution in [0.2, 0.25) is 0 Å². The normalized spacial score (nSPS) is 16.7. The van der Waals surface area contributed by atoms with Crippen molar-refractivity contribution in [2.24, 2.45) is 10.1 Å². The monoisotopic (exact) mass is 534 g/mol. The van der Waals surface area contributed by atoms with Crippen molar-refractivity contribution in [2.45, 2.75) is 52.9 Å². The highest BCUT2D eigenvalue weighted by atomic mass is 32.2. The van der Waals surface area contributed by atoms with Crippen LogP contribution in [0.1, 0.15) is 64.0 Å². The van der Waals surface area contributed by atoms with Gasteiger partial charge >= 0.3 is 0 Å². The fourth-order valence-corrected chi connectivity index (χ4v) is 4.94. The van der Waals surface area contributed by atoms with Crippen LogP contribution in [0.3, 0.4) is 0 Å². The summed E-state index contributed by atoms with van der Waals surface area (Å²) in [5.74, 6) is 2.04. The van der Waals surface area contributed by atoms with Crippen LogP contribution >= 0.6 is 11.8 Å². The van der Waals surface area contributed by atoms with Crippen LogP contribution in [-0.4, -0.2) is 46.8 Å². The molecule has 38 heavy (non-hydrogen) atoms. The van der Waals surface area contributed by atoms with Crippen molar-refractivity contribution in [3.05, 3.63) is 59.2 Å². The maximum atomic E-state index is 12.7. The van der Waals surface area contributed by atoms with Crippen LogP contribution in [0.5, 0.6) is 17.2 Å². The first-order valence-electron chi connectivity index (χ1n) is 13.0. The van der Waals surface area contributed by atoms with Gasteiger partial charge in [-0.3, -0.25) is 10.2 Å². The maximum Gasteiger partial charge on any atom is 0.283 e. The largest absolute Gasteiger partial charge is 0.490 e. The van der Waals surface area contributed by atoms with Crippen LogP contribution in [0.15, 0.2) is 58.1 Å². The maximum absolute atomic E-state index is 12.7. The Bertz CT molecular complexity index is 1270. The Kier molecular flexibility index (Phi) is 9.23. The third kappa shape index (κ3) is 6.45. The molecule has 0 bridgehead atoms. The van der Waals surface area contributed by atoms with Gasteiger partial charge < -0.3 is 14.2 Å². The molecule has 1 N–H and O–H groups in total. The summed E-state index contributed by atoms with van der Waals surface area (Å²) >= 11 is 1.35. The number of aliphatic imine (C=N–C) groups is 1. The Labute approximate surface area is 228 Å². The Morgan fingerprint density at radius 3 is 2.50 bits per heavy atom. The Morgan fingerprint density at radius 2 is 1.79 bits per heavy atom. The summed E-state index contributed by atoms with van der Waals surface area (Å²) in [6.07, 6.45) is 4.46. The number of benzene rings is 2. The number of nitrogens with one attached hydrogen (secondary N) is 1. The number of nitrogens with zero attached hydrogens (tertiary/aromatic N) is 3. The second kappa shape index (κ2) is 12.8. The molecular weight excluding hydrogens is 500 g/mol. The number of carbonyl (C=O) groups is 1. The van der Waals surface area contributed by atoms with Gasteiger partial charge in [0.2, 0.25) is 5.17 Å². The molecule has 1 unspecified atom stereocenters. The van der Waals surface area contributed by atoms with Crippen molar-refractivity contribution in [1.29, 1.82) is 5.41 Å². The number of ether oxygens (including phenoxy) is 3. The molecule has 4 rings (SSSR count). The Morgan fingerprint density at radius 1 is 1.03 bits per heavy atom. The van der Waals surface area contributed by atoms with Crippen molar-refractivity contribution >= 4 is 39.8 Å². The van der Waals surface area contributed by atoms with Crippen molar-refractivity contribution in [2.75, 3.05) is 19.8 Å². The number of carbonyl (C=O) groups excluding carboxylic acids is 1. The lowest BCUT2D eigenvalue weighted by Crippen LogP contribution is -2.35. The number of thioether (sulfide) groups is 1. The van der Waals surface area contributed by atoms with E-state index in [4.69, 9.17) is 19.6 Å². The molecule has 8 nitrogen and oxygen atoms in total. The molecule has 2 aliphatic heterocycles. The molecule has 0 saturated heterocycles. The Balaban J connectivity index is 1.41.